The lowest BCUT2D eigenvalue weighted by Crippen LogP contribution is -2.00. The van der Waals surface area contributed by atoms with Crippen LogP contribution in [0, 0.1) is 0 Å². The van der Waals surface area contributed by atoms with Gasteiger partial charge in [0.05, 0.1) is 0 Å². The average molecular weight is 230 g/mol. The molecule has 4 heteroatoms. The Morgan fingerprint density at radius 3 is 1.35 bits per heavy atom. The minimum atomic E-state index is -1.17. The summed E-state index contributed by atoms with van der Waals surface area (Å²) in [6, 6.07) is 19.5. The molecule has 2 N–H and O–H groups in total. The van der Waals surface area contributed by atoms with E-state index < -0.39 is 7.12 Å². The zero-order chi connectivity index (χ0) is 12.5. The zero-order valence-electron chi connectivity index (χ0n) is 9.65. The first-order chi connectivity index (χ1) is 8.18. The fraction of sp³-hybridized carbons (Fsp3) is 0.0769. The smallest absolute Gasteiger partial charge is 0.448 e. The summed E-state index contributed by atoms with van der Waals surface area (Å²) in [7, 11) is -1.17. The lowest BCUT2D eigenvalue weighted by Gasteiger charge is -2.03. The van der Waals surface area contributed by atoms with E-state index in [1.165, 1.54) is 6.82 Å². The largest absolute Gasteiger partial charge is 0.457 e. The van der Waals surface area contributed by atoms with E-state index >= 15 is 0 Å². The van der Waals surface area contributed by atoms with Crippen molar-refractivity contribution in [2.24, 2.45) is 0 Å². The van der Waals surface area contributed by atoms with Crippen LogP contribution in [0.1, 0.15) is 0 Å². The Bertz CT molecular complexity index is 363. The van der Waals surface area contributed by atoms with Crippen molar-refractivity contribution in [1.29, 1.82) is 0 Å². The van der Waals surface area contributed by atoms with E-state index in [2.05, 4.69) is 0 Å². The first kappa shape index (κ1) is 13.3. The van der Waals surface area contributed by atoms with Crippen molar-refractivity contribution >= 4 is 7.12 Å². The fourth-order valence-corrected chi connectivity index (χ4v) is 1.11. The van der Waals surface area contributed by atoms with E-state index in [-0.39, 0.29) is 0 Å². The third-order valence-corrected chi connectivity index (χ3v) is 1.72. The first-order valence-electron chi connectivity index (χ1n) is 5.32. The highest BCUT2D eigenvalue weighted by atomic mass is 16.5. The van der Waals surface area contributed by atoms with Gasteiger partial charge in [-0.1, -0.05) is 36.4 Å². The Hall–Kier alpha value is -1.78. The molecule has 2 rings (SSSR count). The van der Waals surface area contributed by atoms with Gasteiger partial charge < -0.3 is 14.8 Å². The maximum absolute atomic E-state index is 7.61. The second-order valence-corrected chi connectivity index (χ2v) is 3.36. The lowest BCUT2D eigenvalue weighted by atomic mass is 9.99. The summed E-state index contributed by atoms with van der Waals surface area (Å²) in [5.74, 6) is 1.74. The van der Waals surface area contributed by atoms with Gasteiger partial charge in [0.25, 0.3) is 0 Å². The van der Waals surface area contributed by atoms with E-state index in [0.29, 0.717) is 0 Å². The maximum Gasteiger partial charge on any atom is 0.448 e. The van der Waals surface area contributed by atoms with Gasteiger partial charge in [-0.2, -0.15) is 0 Å². The molecule has 0 aliphatic heterocycles. The number of benzene rings is 2. The number of rotatable bonds is 2. The number of ether oxygens (including phenoxy) is 1. The maximum atomic E-state index is 7.61. The third-order valence-electron chi connectivity index (χ3n) is 1.72. The number of hydrogen-bond donors (Lipinski definition) is 2. The van der Waals surface area contributed by atoms with Crippen molar-refractivity contribution in [1.82, 2.24) is 0 Å². The molecule has 2 aromatic rings. The topological polar surface area (TPSA) is 49.7 Å². The van der Waals surface area contributed by atoms with Crippen molar-refractivity contribution in [3.8, 4) is 11.5 Å². The molecule has 0 aliphatic rings. The molecule has 0 unspecified atom stereocenters. The van der Waals surface area contributed by atoms with Crippen molar-refractivity contribution in [3.05, 3.63) is 60.7 Å². The third kappa shape index (κ3) is 6.40. The molecule has 0 aliphatic carbocycles. The summed E-state index contributed by atoms with van der Waals surface area (Å²) in [6.45, 7) is 1.28. The van der Waals surface area contributed by atoms with Crippen LogP contribution in [0.4, 0.5) is 0 Å². The van der Waals surface area contributed by atoms with Gasteiger partial charge in [-0.05, 0) is 31.1 Å². The second kappa shape index (κ2) is 7.49. The molecule has 0 aromatic heterocycles. The standard InChI is InChI=1S/C12H10O.CH5BO2/c1-3-7-11(8-4-1)13-12-9-5-2-6-10-12;1-2(3)4/h1-10H;3-4H,1H3. The van der Waals surface area contributed by atoms with Crippen LogP contribution in [0.5, 0.6) is 11.5 Å². The van der Waals surface area contributed by atoms with Crippen molar-refractivity contribution < 1.29 is 14.8 Å². The molecule has 0 saturated heterocycles. The Balaban J connectivity index is 0.000000317. The van der Waals surface area contributed by atoms with Gasteiger partial charge in [-0.3, -0.25) is 0 Å². The normalized spacial score (nSPS) is 8.88. The summed E-state index contributed by atoms with van der Waals surface area (Å²) in [5, 5.41) is 15.2. The molecule has 0 spiro atoms. The molecule has 0 heterocycles. The van der Waals surface area contributed by atoms with E-state index in [0.717, 1.165) is 11.5 Å². The summed E-state index contributed by atoms with van der Waals surface area (Å²) >= 11 is 0. The zero-order valence-corrected chi connectivity index (χ0v) is 9.65. The molecular weight excluding hydrogens is 215 g/mol. The van der Waals surface area contributed by atoms with Crippen LogP contribution in [0.2, 0.25) is 6.82 Å². The molecule has 88 valence electrons. The van der Waals surface area contributed by atoms with Crippen LogP contribution in [-0.4, -0.2) is 17.2 Å². The summed E-state index contributed by atoms with van der Waals surface area (Å²) < 4.78 is 5.58. The highest BCUT2D eigenvalue weighted by Gasteiger charge is 1.92. The molecular formula is C13H15BO3. The average Bonchev–Trinajstić information content (AvgIpc) is 2.31. The van der Waals surface area contributed by atoms with Crippen LogP contribution in [0.15, 0.2) is 60.7 Å². The predicted octanol–water partition coefficient (Wildman–Crippen LogP) is 2.57. The summed E-state index contributed by atoms with van der Waals surface area (Å²) in [4.78, 5) is 0. The van der Waals surface area contributed by atoms with E-state index in [4.69, 9.17) is 14.8 Å². The molecule has 2 aromatic carbocycles. The molecule has 0 fully saturated rings. The van der Waals surface area contributed by atoms with Gasteiger partial charge >= 0.3 is 7.12 Å². The SMILES string of the molecule is CB(O)O.c1ccc(Oc2ccccc2)cc1. The Kier molecular flexibility index (Phi) is 5.86. The molecule has 0 atom stereocenters. The van der Waals surface area contributed by atoms with Gasteiger partial charge in [0.2, 0.25) is 0 Å². The van der Waals surface area contributed by atoms with Crippen LogP contribution >= 0.6 is 0 Å². The molecule has 0 saturated carbocycles. The van der Waals surface area contributed by atoms with Gasteiger partial charge in [0.1, 0.15) is 11.5 Å². The molecule has 0 amide bonds. The van der Waals surface area contributed by atoms with Crippen molar-refractivity contribution in [2.75, 3.05) is 0 Å². The number of hydrogen-bond acceptors (Lipinski definition) is 3. The van der Waals surface area contributed by atoms with E-state index in [1.807, 2.05) is 60.7 Å². The second-order valence-electron chi connectivity index (χ2n) is 3.36. The predicted molar refractivity (Wildman–Crippen MR) is 69.0 cm³/mol. The Labute approximate surface area is 101 Å². The van der Waals surface area contributed by atoms with Crippen molar-refractivity contribution in [3.63, 3.8) is 0 Å². The van der Waals surface area contributed by atoms with Crippen LogP contribution in [0.3, 0.4) is 0 Å². The van der Waals surface area contributed by atoms with Gasteiger partial charge in [0.15, 0.2) is 0 Å². The monoisotopic (exact) mass is 230 g/mol. The molecule has 3 nitrogen and oxygen atoms in total. The fourth-order valence-electron chi connectivity index (χ4n) is 1.11. The van der Waals surface area contributed by atoms with Crippen LogP contribution in [-0.2, 0) is 0 Å². The minimum absolute atomic E-state index is 0.869. The van der Waals surface area contributed by atoms with Crippen LogP contribution in [0.25, 0.3) is 0 Å². The minimum Gasteiger partial charge on any atom is -0.457 e. The van der Waals surface area contributed by atoms with E-state index in [1.54, 1.807) is 0 Å². The first-order valence-corrected chi connectivity index (χ1v) is 5.32. The van der Waals surface area contributed by atoms with Crippen LogP contribution < -0.4 is 4.74 Å². The highest BCUT2D eigenvalue weighted by molar-refractivity contribution is 6.38. The Morgan fingerprint density at radius 2 is 1.06 bits per heavy atom. The summed E-state index contributed by atoms with van der Waals surface area (Å²) in [5.41, 5.74) is 0. The van der Waals surface area contributed by atoms with Gasteiger partial charge in [0, 0.05) is 0 Å². The quantitative estimate of drug-likeness (QED) is 0.779. The van der Waals surface area contributed by atoms with Crippen molar-refractivity contribution in [2.45, 2.75) is 6.82 Å². The lowest BCUT2D eigenvalue weighted by molar-refractivity contribution is 0.417. The van der Waals surface area contributed by atoms with Gasteiger partial charge in [-0.15, -0.1) is 0 Å². The van der Waals surface area contributed by atoms with E-state index in [9.17, 15) is 0 Å². The highest BCUT2D eigenvalue weighted by Crippen LogP contribution is 2.19. The number of para-hydroxylation sites is 2. The molecule has 0 bridgehead atoms. The molecule has 17 heavy (non-hydrogen) atoms. The van der Waals surface area contributed by atoms with Gasteiger partial charge in [-0.25, -0.2) is 0 Å². The molecule has 0 radical (unpaired) electrons. The Morgan fingerprint density at radius 1 is 0.765 bits per heavy atom. The summed E-state index contributed by atoms with van der Waals surface area (Å²) in [6.07, 6.45) is 0.